The van der Waals surface area contributed by atoms with Gasteiger partial charge in [-0.15, -0.1) is 6.58 Å². The van der Waals surface area contributed by atoms with Crippen molar-refractivity contribution in [1.82, 2.24) is 4.90 Å². The Labute approximate surface area is 144 Å². The van der Waals surface area contributed by atoms with Crippen molar-refractivity contribution in [3.63, 3.8) is 0 Å². The monoisotopic (exact) mass is 309 g/mol. The fourth-order valence-electron chi connectivity index (χ4n) is 2.01. The Morgan fingerprint density at radius 2 is 1.70 bits per heavy atom. The molecule has 0 spiro atoms. The molecule has 0 saturated carbocycles. The quantitative estimate of drug-likeness (QED) is 0.431. The lowest BCUT2D eigenvalue weighted by molar-refractivity contribution is 0.447. The van der Waals surface area contributed by atoms with Crippen molar-refractivity contribution < 1.29 is 0 Å². The minimum absolute atomic E-state index is 0.801. The summed E-state index contributed by atoms with van der Waals surface area (Å²) in [5.74, 6) is 0. The van der Waals surface area contributed by atoms with Gasteiger partial charge in [0.1, 0.15) is 7.85 Å². The smallest absolute Gasteiger partial charge is 0.138 e. The van der Waals surface area contributed by atoms with E-state index in [1.807, 2.05) is 13.9 Å². The molecule has 0 bridgehead atoms. The van der Waals surface area contributed by atoms with Gasteiger partial charge in [-0.05, 0) is 38.8 Å². The van der Waals surface area contributed by atoms with E-state index >= 15 is 0 Å². The molecule has 0 atom stereocenters. The van der Waals surface area contributed by atoms with Gasteiger partial charge in [-0.3, -0.25) is 0 Å². The van der Waals surface area contributed by atoms with E-state index in [0.717, 1.165) is 29.7 Å². The maximum atomic E-state index is 4.21. The van der Waals surface area contributed by atoms with E-state index in [1.165, 1.54) is 16.7 Å². The summed E-state index contributed by atoms with van der Waals surface area (Å²) in [7, 11) is 4.06. The minimum atomic E-state index is 0.801. The van der Waals surface area contributed by atoms with E-state index in [1.54, 1.807) is 0 Å². The van der Waals surface area contributed by atoms with Crippen molar-refractivity contribution in [3.05, 3.63) is 83.6 Å². The Hall–Kier alpha value is -1.96. The lowest BCUT2D eigenvalue weighted by Gasteiger charge is -2.22. The molecule has 0 aromatic heterocycles. The summed E-state index contributed by atoms with van der Waals surface area (Å²) in [5, 5.41) is 0. The summed E-state index contributed by atoms with van der Waals surface area (Å²) in [6.45, 7) is 21.3. The molecule has 0 N–H and O–H groups in total. The Kier molecular flexibility index (Phi) is 9.81. The molecule has 0 radical (unpaired) electrons. The molecule has 0 saturated heterocycles. The lowest BCUT2D eigenvalue weighted by Crippen LogP contribution is -2.19. The zero-order valence-corrected chi connectivity index (χ0v) is 15.9. The molecule has 0 heterocycles. The molecule has 0 aliphatic heterocycles. The summed E-state index contributed by atoms with van der Waals surface area (Å²) in [4.78, 5) is 2.17. The highest BCUT2D eigenvalue weighted by Crippen LogP contribution is 2.16. The SMILES string of the molecule is BC(=C)/C=C(\C=C)CN(C)C(=C)C/C(C)=C/C=C(C)/C(C)=C/C. The van der Waals surface area contributed by atoms with Crippen molar-refractivity contribution in [2.45, 2.75) is 34.1 Å². The fraction of sp³-hybridized carbons (Fsp3) is 0.333. The second-order valence-electron chi connectivity index (χ2n) is 6.20. The summed E-state index contributed by atoms with van der Waals surface area (Å²) in [6, 6.07) is 0. The van der Waals surface area contributed by atoms with Gasteiger partial charge >= 0.3 is 0 Å². The molecular formula is C21H32BN. The standard InChI is InChI=1S/C21H32BN/c1-9-17(4)18(5)12-11-16(3)13-20(7)23(8)15-21(10-2)14-19(6)22/h9-12,14H,2,6-7,13,15,22H2,1,3-5,8H3/b16-11+,17-9+,18-12+,21-14+. The molecule has 1 nitrogen and oxygen atoms in total. The van der Waals surface area contributed by atoms with E-state index in [4.69, 9.17) is 0 Å². The number of hydrogen-bond donors (Lipinski definition) is 0. The second kappa shape index (κ2) is 10.7. The van der Waals surface area contributed by atoms with Crippen molar-refractivity contribution in [2.75, 3.05) is 13.6 Å². The second-order valence-corrected chi connectivity index (χ2v) is 6.20. The van der Waals surface area contributed by atoms with Crippen LogP contribution in [0.25, 0.3) is 0 Å². The van der Waals surface area contributed by atoms with Crippen LogP contribution in [0.1, 0.15) is 34.1 Å². The molecule has 124 valence electrons. The zero-order chi connectivity index (χ0) is 18.0. The van der Waals surface area contributed by atoms with Crippen LogP contribution in [0.2, 0.25) is 0 Å². The third-order valence-electron chi connectivity index (χ3n) is 3.81. The van der Waals surface area contributed by atoms with Crippen LogP contribution in [0.5, 0.6) is 0 Å². The maximum absolute atomic E-state index is 4.21. The van der Waals surface area contributed by atoms with Crippen molar-refractivity contribution in [1.29, 1.82) is 0 Å². The first-order valence-electron chi connectivity index (χ1n) is 8.06. The van der Waals surface area contributed by atoms with Crippen LogP contribution in [-0.4, -0.2) is 26.3 Å². The molecule has 0 fully saturated rings. The topological polar surface area (TPSA) is 3.24 Å². The lowest BCUT2D eigenvalue weighted by atomic mass is 9.95. The van der Waals surface area contributed by atoms with Crippen LogP contribution in [0.15, 0.2) is 83.6 Å². The van der Waals surface area contributed by atoms with E-state index < -0.39 is 0 Å². The summed E-state index contributed by atoms with van der Waals surface area (Å²) < 4.78 is 0. The average Bonchev–Trinajstić information content (AvgIpc) is 2.50. The van der Waals surface area contributed by atoms with Crippen LogP contribution in [-0.2, 0) is 0 Å². The van der Waals surface area contributed by atoms with Gasteiger partial charge < -0.3 is 4.90 Å². The molecule has 2 heteroatoms. The van der Waals surface area contributed by atoms with E-state index in [-0.39, 0.29) is 0 Å². The Balaban J connectivity index is 4.81. The van der Waals surface area contributed by atoms with Gasteiger partial charge in [0, 0.05) is 25.7 Å². The van der Waals surface area contributed by atoms with Crippen molar-refractivity contribution in [3.8, 4) is 0 Å². The summed E-state index contributed by atoms with van der Waals surface area (Å²) in [6.07, 6.45) is 11.3. The molecule has 0 aromatic rings. The largest absolute Gasteiger partial charge is 0.374 e. The van der Waals surface area contributed by atoms with Crippen LogP contribution in [0, 0.1) is 0 Å². The third kappa shape index (κ3) is 8.92. The third-order valence-corrected chi connectivity index (χ3v) is 3.81. The van der Waals surface area contributed by atoms with E-state index in [9.17, 15) is 0 Å². The van der Waals surface area contributed by atoms with Crippen molar-refractivity contribution >= 4 is 7.85 Å². The molecule has 0 rings (SSSR count). The van der Waals surface area contributed by atoms with Gasteiger partial charge in [0.05, 0.1) is 0 Å². The van der Waals surface area contributed by atoms with E-state index in [2.05, 4.69) is 83.7 Å². The first kappa shape index (κ1) is 21.0. The Bertz CT molecular complexity index is 571. The van der Waals surface area contributed by atoms with Gasteiger partial charge in [0.2, 0.25) is 0 Å². The number of nitrogens with zero attached hydrogens (tertiary/aromatic N) is 1. The van der Waals surface area contributed by atoms with Gasteiger partial charge in [0.15, 0.2) is 0 Å². The van der Waals surface area contributed by atoms with Gasteiger partial charge in [-0.1, -0.05) is 60.2 Å². The highest BCUT2D eigenvalue weighted by Gasteiger charge is 2.04. The molecular weight excluding hydrogens is 277 g/mol. The Morgan fingerprint density at radius 3 is 2.17 bits per heavy atom. The van der Waals surface area contributed by atoms with Gasteiger partial charge in [-0.25, -0.2) is 0 Å². The number of hydrogen-bond acceptors (Lipinski definition) is 1. The van der Waals surface area contributed by atoms with Crippen LogP contribution >= 0.6 is 0 Å². The van der Waals surface area contributed by atoms with Crippen molar-refractivity contribution in [2.24, 2.45) is 0 Å². The number of likely N-dealkylation sites (N-methyl/N-ethyl adjacent to an activating group) is 1. The van der Waals surface area contributed by atoms with Crippen LogP contribution in [0.3, 0.4) is 0 Å². The molecule has 0 amide bonds. The van der Waals surface area contributed by atoms with Gasteiger partial charge in [-0.2, -0.15) is 0 Å². The fourth-order valence-corrected chi connectivity index (χ4v) is 2.01. The molecule has 0 aliphatic carbocycles. The zero-order valence-electron chi connectivity index (χ0n) is 15.9. The maximum Gasteiger partial charge on any atom is 0.138 e. The first-order chi connectivity index (χ1) is 10.7. The predicted molar refractivity (Wildman–Crippen MR) is 109 cm³/mol. The molecule has 23 heavy (non-hydrogen) atoms. The average molecular weight is 309 g/mol. The van der Waals surface area contributed by atoms with Gasteiger partial charge in [0.25, 0.3) is 0 Å². The number of rotatable bonds is 9. The molecule has 0 unspecified atom stereocenters. The summed E-state index contributed by atoms with van der Waals surface area (Å²) >= 11 is 0. The minimum Gasteiger partial charge on any atom is -0.374 e. The predicted octanol–water partition coefficient (Wildman–Crippen LogP) is 4.94. The normalized spacial score (nSPS) is 13.8. The van der Waals surface area contributed by atoms with Crippen LogP contribution < -0.4 is 0 Å². The summed E-state index contributed by atoms with van der Waals surface area (Å²) in [5.41, 5.74) is 7.20. The Morgan fingerprint density at radius 1 is 1.09 bits per heavy atom. The highest BCUT2D eigenvalue weighted by molar-refractivity contribution is 6.23. The highest BCUT2D eigenvalue weighted by atomic mass is 15.1. The number of allylic oxidation sites excluding steroid dienone is 8. The van der Waals surface area contributed by atoms with E-state index in [0.29, 0.717) is 0 Å². The first-order valence-corrected chi connectivity index (χ1v) is 8.06. The molecule has 0 aliphatic rings. The molecule has 0 aromatic carbocycles. The van der Waals surface area contributed by atoms with Crippen LogP contribution in [0.4, 0.5) is 0 Å².